The summed E-state index contributed by atoms with van der Waals surface area (Å²) in [6, 6.07) is 19.8. The van der Waals surface area contributed by atoms with E-state index in [4.69, 9.17) is 4.74 Å². The highest BCUT2D eigenvalue weighted by Crippen LogP contribution is 2.25. The number of ether oxygens (including phenoxy) is 1. The number of benzene rings is 2. The van der Waals surface area contributed by atoms with E-state index in [9.17, 15) is 9.59 Å². The summed E-state index contributed by atoms with van der Waals surface area (Å²) >= 11 is 1.29. The van der Waals surface area contributed by atoms with Crippen molar-refractivity contribution in [2.45, 2.75) is 13.0 Å². The van der Waals surface area contributed by atoms with Gasteiger partial charge in [-0.15, -0.1) is 11.3 Å². The van der Waals surface area contributed by atoms with Crippen LogP contribution in [-0.2, 0) is 4.74 Å². The summed E-state index contributed by atoms with van der Waals surface area (Å²) < 4.78 is 5.55. The molecule has 0 fully saturated rings. The molecule has 4 heteroatoms. The van der Waals surface area contributed by atoms with Crippen LogP contribution in [0.2, 0.25) is 0 Å². The fourth-order valence-electron chi connectivity index (χ4n) is 2.33. The maximum absolute atomic E-state index is 12.9. The number of carbonyl (C=O) groups is 2. The van der Waals surface area contributed by atoms with Gasteiger partial charge in [-0.2, -0.15) is 0 Å². The largest absolute Gasteiger partial charge is 0.445 e. The molecule has 3 rings (SSSR count). The van der Waals surface area contributed by atoms with Crippen LogP contribution in [0.5, 0.6) is 0 Å². The molecule has 24 heavy (non-hydrogen) atoms. The summed E-state index contributed by atoms with van der Waals surface area (Å²) in [4.78, 5) is 25.7. The summed E-state index contributed by atoms with van der Waals surface area (Å²) in [5.74, 6) is -0.717. The van der Waals surface area contributed by atoms with Crippen LogP contribution in [0.4, 0.5) is 0 Å². The second kappa shape index (κ2) is 7.23. The van der Waals surface area contributed by atoms with Crippen molar-refractivity contribution in [3.63, 3.8) is 0 Å². The number of thiophene rings is 1. The van der Waals surface area contributed by atoms with Gasteiger partial charge in [0.05, 0.1) is 0 Å². The minimum Gasteiger partial charge on any atom is -0.445 e. The molecule has 0 aliphatic carbocycles. The molecule has 0 radical (unpaired) electrons. The molecular formula is C20H16O3S. The van der Waals surface area contributed by atoms with Crippen LogP contribution >= 0.6 is 11.3 Å². The molecule has 0 saturated heterocycles. The summed E-state index contributed by atoms with van der Waals surface area (Å²) in [6.45, 7) is 1.96. The fraction of sp³-hybridized carbons (Fsp3) is 0.100. The third kappa shape index (κ3) is 3.60. The van der Waals surface area contributed by atoms with Crippen LogP contribution in [0.3, 0.4) is 0 Å². The van der Waals surface area contributed by atoms with E-state index in [0.717, 1.165) is 5.56 Å². The molecule has 0 N–H and O–H groups in total. The number of Topliss-reactive ketones (excluding diaryl/α,β-unsaturated/α-hetero) is 1. The molecule has 1 heterocycles. The lowest BCUT2D eigenvalue weighted by atomic mass is 9.99. The van der Waals surface area contributed by atoms with Crippen LogP contribution in [0, 0.1) is 6.92 Å². The Labute approximate surface area is 144 Å². The van der Waals surface area contributed by atoms with E-state index >= 15 is 0 Å². The first kappa shape index (κ1) is 16.1. The second-order valence-corrected chi connectivity index (χ2v) is 6.35. The molecule has 3 nitrogen and oxygen atoms in total. The van der Waals surface area contributed by atoms with E-state index in [1.807, 2.05) is 37.3 Å². The van der Waals surface area contributed by atoms with Crippen molar-refractivity contribution < 1.29 is 14.3 Å². The molecule has 1 aromatic heterocycles. The molecule has 0 saturated carbocycles. The number of ketones is 1. The number of esters is 1. The Kier molecular flexibility index (Phi) is 4.87. The highest BCUT2D eigenvalue weighted by Gasteiger charge is 2.26. The molecule has 3 aromatic rings. The minimum atomic E-state index is -0.955. The Morgan fingerprint density at radius 1 is 0.917 bits per heavy atom. The standard InChI is InChI=1S/C20H16O3S/c1-14-9-11-15(12-10-14)18(21)19(16-6-3-2-4-7-16)23-20(22)17-8-5-13-24-17/h2-13,19H,1H3. The summed E-state index contributed by atoms with van der Waals surface area (Å²) in [5, 5.41) is 1.80. The highest BCUT2D eigenvalue weighted by atomic mass is 32.1. The minimum absolute atomic E-state index is 0.230. The molecule has 120 valence electrons. The zero-order valence-electron chi connectivity index (χ0n) is 13.1. The van der Waals surface area contributed by atoms with E-state index in [0.29, 0.717) is 16.0 Å². The van der Waals surface area contributed by atoms with Crippen LogP contribution in [0.25, 0.3) is 0 Å². The van der Waals surface area contributed by atoms with Gasteiger partial charge >= 0.3 is 5.97 Å². The number of rotatable bonds is 5. The van der Waals surface area contributed by atoms with Crippen LogP contribution in [0.1, 0.15) is 37.3 Å². The van der Waals surface area contributed by atoms with Crippen molar-refractivity contribution in [1.29, 1.82) is 0 Å². The lowest BCUT2D eigenvalue weighted by molar-refractivity contribution is 0.0285. The maximum Gasteiger partial charge on any atom is 0.349 e. The van der Waals surface area contributed by atoms with Gasteiger partial charge in [-0.05, 0) is 18.4 Å². The average Bonchev–Trinajstić information content (AvgIpc) is 3.15. The zero-order chi connectivity index (χ0) is 16.9. The predicted octanol–water partition coefficient (Wildman–Crippen LogP) is 4.84. The van der Waals surface area contributed by atoms with E-state index in [-0.39, 0.29) is 5.78 Å². The van der Waals surface area contributed by atoms with Crippen molar-refractivity contribution in [2.75, 3.05) is 0 Å². The Morgan fingerprint density at radius 2 is 1.62 bits per heavy atom. The molecule has 0 amide bonds. The molecule has 0 bridgehead atoms. The van der Waals surface area contributed by atoms with Gasteiger partial charge in [-0.25, -0.2) is 4.79 Å². The molecule has 0 spiro atoms. The molecule has 2 aromatic carbocycles. The van der Waals surface area contributed by atoms with Crippen molar-refractivity contribution in [3.8, 4) is 0 Å². The lowest BCUT2D eigenvalue weighted by Gasteiger charge is -2.17. The lowest BCUT2D eigenvalue weighted by Crippen LogP contribution is -2.20. The van der Waals surface area contributed by atoms with E-state index in [1.54, 1.807) is 41.8 Å². The van der Waals surface area contributed by atoms with E-state index < -0.39 is 12.1 Å². The number of aryl methyl sites for hydroxylation is 1. The maximum atomic E-state index is 12.9. The highest BCUT2D eigenvalue weighted by molar-refractivity contribution is 7.11. The Balaban J connectivity index is 1.91. The molecule has 1 atom stereocenters. The normalized spacial score (nSPS) is 11.7. The third-order valence-electron chi connectivity index (χ3n) is 3.62. The van der Waals surface area contributed by atoms with Crippen molar-refractivity contribution >= 4 is 23.1 Å². The van der Waals surface area contributed by atoms with Crippen molar-refractivity contribution in [3.05, 3.63) is 93.7 Å². The van der Waals surface area contributed by atoms with Gasteiger partial charge in [0, 0.05) is 11.1 Å². The number of hydrogen-bond donors (Lipinski definition) is 0. The van der Waals surface area contributed by atoms with Gasteiger partial charge in [0.15, 0.2) is 6.10 Å². The summed E-state index contributed by atoms with van der Waals surface area (Å²) in [5.41, 5.74) is 2.25. The smallest absolute Gasteiger partial charge is 0.349 e. The quantitative estimate of drug-likeness (QED) is 0.495. The fourth-order valence-corrected chi connectivity index (χ4v) is 2.94. The van der Waals surface area contributed by atoms with Crippen molar-refractivity contribution in [1.82, 2.24) is 0 Å². The van der Waals surface area contributed by atoms with Gasteiger partial charge in [-0.1, -0.05) is 66.2 Å². The average molecular weight is 336 g/mol. The van der Waals surface area contributed by atoms with Gasteiger partial charge < -0.3 is 4.74 Å². The van der Waals surface area contributed by atoms with Gasteiger partial charge in [0.25, 0.3) is 0 Å². The summed E-state index contributed by atoms with van der Waals surface area (Å²) in [7, 11) is 0. The van der Waals surface area contributed by atoms with Crippen molar-refractivity contribution in [2.24, 2.45) is 0 Å². The molecule has 0 aliphatic heterocycles. The monoisotopic (exact) mass is 336 g/mol. The number of hydrogen-bond acceptors (Lipinski definition) is 4. The first-order valence-corrected chi connectivity index (χ1v) is 8.43. The molecular weight excluding hydrogens is 320 g/mol. The number of carbonyl (C=O) groups excluding carboxylic acids is 2. The summed E-state index contributed by atoms with van der Waals surface area (Å²) in [6.07, 6.45) is -0.955. The zero-order valence-corrected chi connectivity index (χ0v) is 14.0. The van der Waals surface area contributed by atoms with Crippen LogP contribution < -0.4 is 0 Å². The first-order valence-electron chi connectivity index (χ1n) is 7.55. The third-order valence-corrected chi connectivity index (χ3v) is 4.47. The predicted molar refractivity (Wildman–Crippen MR) is 94.4 cm³/mol. The SMILES string of the molecule is Cc1ccc(C(=O)C(OC(=O)c2cccs2)c2ccccc2)cc1. The molecule has 1 unspecified atom stereocenters. The van der Waals surface area contributed by atoms with Crippen LogP contribution in [0.15, 0.2) is 72.1 Å². The molecule has 0 aliphatic rings. The Hall–Kier alpha value is -2.72. The van der Waals surface area contributed by atoms with E-state index in [2.05, 4.69) is 0 Å². The Bertz CT molecular complexity index is 821. The van der Waals surface area contributed by atoms with Gasteiger partial charge in [0.2, 0.25) is 5.78 Å². The van der Waals surface area contributed by atoms with Crippen LogP contribution in [-0.4, -0.2) is 11.8 Å². The topological polar surface area (TPSA) is 43.4 Å². The second-order valence-electron chi connectivity index (χ2n) is 5.40. The first-order chi connectivity index (χ1) is 11.6. The van der Waals surface area contributed by atoms with Gasteiger partial charge in [0.1, 0.15) is 4.88 Å². The van der Waals surface area contributed by atoms with E-state index in [1.165, 1.54) is 11.3 Å². The van der Waals surface area contributed by atoms with Gasteiger partial charge in [-0.3, -0.25) is 4.79 Å². The Morgan fingerprint density at radius 3 is 2.25 bits per heavy atom.